The van der Waals surface area contributed by atoms with Gasteiger partial charge >= 0.3 is 5.97 Å². The van der Waals surface area contributed by atoms with Gasteiger partial charge < -0.3 is 9.52 Å². The van der Waals surface area contributed by atoms with Gasteiger partial charge in [0.15, 0.2) is 0 Å². The molecule has 2 aromatic heterocycles. The number of benzene rings is 1. The van der Waals surface area contributed by atoms with E-state index in [0.29, 0.717) is 0 Å². The zero-order valence-corrected chi connectivity index (χ0v) is 13.6. The van der Waals surface area contributed by atoms with Crippen LogP contribution in [0.1, 0.15) is 16.3 Å². The van der Waals surface area contributed by atoms with Gasteiger partial charge in [0.2, 0.25) is 5.76 Å². The fourth-order valence-electron chi connectivity index (χ4n) is 2.24. The molecule has 0 aliphatic rings. The molecular formula is C15H12FN3O5S. The van der Waals surface area contributed by atoms with E-state index in [1.807, 2.05) is 0 Å². The fourth-order valence-corrected chi connectivity index (χ4v) is 3.51. The Bertz CT molecular complexity index is 1040. The second kappa shape index (κ2) is 6.06. The van der Waals surface area contributed by atoms with E-state index in [1.165, 1.54) is 36.1 Å². The molecule has 0 aliphatic carbocycles. The summed E-state index contributed by atoms with van der Waals surface area (Å²) in [6.45, 7) is 1.30. The van der Waals surface area contributed by atoms with Gasteiger partial charge in [0.05, 0.1) is 5.69 Å². The number of nitrogens with one attached hydrogen (secondary N) is 1. The van der Waals surface area contributed by atoms with Gasteiger partial charge in [0.1, 0.15) is 22.2 Å². The summed E-state index contributed by atoms with van der Waals surface area (Å²) in [5.74, 6) is -2.87. The molecule has 0 atom stereocenters. The molecule has 0 bridgehead atoms. The van der Waals surface area contributed by atoms with Gasteiger partial charge in [-0.05, 0) is 25.1 Å². The third kappa shape index (κ3) is 3.11. The van der Waals surface area contributed by atoms with Crippen molar-refractivity contribution in [1.82, 2.24) is 9.78 Å². The van der Waals surface area contributed by atoms with Crippen LogP contribution < -0.4 is 4.72 Å². The number of aromatic nitrogens is 2. The van der Waals surface area contributed by atoms with Gasteiger partial charge in [-0.3, -0.25) is 4.72 Å². The Balaban J connectivity index is 2.07. The lowest BCUT2D eigenvalue weighted by molar-refractivity contribution is 0.0661. The van der Waals surface area contributed by atoms with E-state index in [-0.39, 0.29) is 22.0 Å². The van der Waals surface area contributed by atoms with Crippen molar-refractivity contribution in [3.63, 3.8) is 0 Å². The minimum Gasteiger partial charge on any atom is -0.475 e. The first kappa shape index (κ1) is 16.7. The van der Waals surface area contributed by atoms with Crippen LogP contribution >= 0.6 is 0 Å². The minimum atomic E-state index is -4.28. The number of nitrogens with zero attached hydrogens (tertiary/aromatic N) is 2. The third-order valence-electron chi connectivity index (χ3n) is 3.35. The van der Waals surface area contributed by atoms with Crippen LogP contribution in [0.15, 0.2) is 52.0 Å². The highest BCUT2D eigenvalue weighted by molar-refractivity contribution is 7.92. The summed E-state index contributed by atoms with van der Waals surface area (Å²) < 4.78 is 47.7. The monoisotopic (exact) mass is 365 g/mol. The maximum absolute atomic E-state index is 14.2. The zero-order chi connectivity index (χ0) is 18.2. The standard InChI is InChI=1S/C15H12FN3O5S/c1-9-13(8-12(24-9)15(20)21)25(22,23)18-14-10(16)4-2-5-11(14)19-7-3-6-17-19/h2-8,18H,1H3,(H,20,21). The number of hydrogen-bond donors (Lipinski definition) is 2. The Labute approximate surface area is 141 Å². The second-order valence-corrected chi connectivity index (χ2v) is 6.68. The fraction of sp³-hybridized carbons (Fsp3) is 0.0667. The summed E-state index contributed by atoms with van der Waals surface area (Å²) in [5, 5.41) is 12.9. The quantitative estimate of drug-likeness (QED) is 0.718. The van der Waals surface area contributed by atoms with Crippen molar-refractivity contribution in [2.24, 2.45) is 0 Å². The summed E-state index contributed by atoms with van der Waals surface area (Å²) >= 11 is 0. The van der Waals surface area contributed by atoms with Crippen LogP contribution in [-0.4, -0.2) is 29.3 Å². The van der Waals surface area contributed by atoms with Crippen molar-refractivity contribution < 1.29 is 27.1 Å². The van der Waals surface area contributed by atoms with Crippen molar-refractivity contribution in [3.05, 3.63) is 60.1 Å². The predicted octanol–water partition coefficient (Wildman–Crippen LogP) is 2.41. The van der Waals surface area contributed by atoms with E-state index in [1.54, 1.807) is 6.07 Å². The number of sulfonamides is 1. The number of hydrogen-bond acceptors (Lipinski definition) is 5. The van der Waals surface area contributed by atoms with Gasteiger partial charge in [-0.2, -0.15) is 5.10 Å². The van der Waals surface area contributed by atoms with E-state index < -0.39 is 27.6 Å². The Kier molecular flexibility index (Phi) is 4.05. The van der Waals surface area contributed by atoms with Crippen LogP contribution in [0.3, 0.4) is 0 Å². The summed E-state index contributed by atoms with van der Waals surface area (Å²) in [7, 11) is -4.28. The Morgan fingerprint density at radius 2 is 2.12 bits per heavy atom. The number of anilines is 1. The molecule has 0 aliphatic heterocycles. The number of halogens is 1. The SMILES string of the molecule is Cc1oc(C(=O)O)cc1S(=O)(=O)Nc1c(F)cccc1-n1cccn1. The average Bonchev–Trinajstić information content (AvgIpc) is 3.18. The van der Waals surface area contributed by atoms with Crippen molar-refractivity contribution in [2.75, 3.05) is 4.72 Å². The first-order chi connectivity index (χ1) is 11.8. The highest BCUT2D eigenvalue weighted by Crippen LogP contribution is 2.28. The number of rotatable bonds is 5. The summed E-state index contributed by atoms with van der Waals surface area (Å²) in [4.78, 5) is 10.5. The van der Waals surface area contributed by atoms with E-state index in [0.717, 1.165) is 12.1 Å². The predicted molar refractivity (Wildman–Crippen MR) is 84.7 cm³/mol. The lowest BCUT2D eigenvalue weighted by Gasteiger charge is -2.13. The summed E-state index contributed by atoms with van der Waals surface area (Å²) in [6, 6.07) is 6.46. The molecule has 0 amide bonds. The Morgan fingerprint density at radius 1 is 1.36 bits per heavy atom. The van der Waals surface area contributed by atoms with Gasteiger partial charge in [-0.25, -0.2) is 22.3 Å². The highest BCUT2D eigenvalue weighted by Gasteiger charge is 2.26. The Morgan fingerprint density at radius 3 is 2.72 bits per heavy atom. The van der Waals surface area contributed by atoms with Crippen LogP contribution in [0.4, 0.5) is 10.1 Å². The molecule has 2 N–H and O–H groups in total. The van der Waals surface area contributed by atoms with E-state index in [2.05, 4.69) is 9.82 Å². The van der Waals surface area contributed by atoms with Gasteiger partial charge in [-0.1, -0.05) is 6.07 Å². The van der Waals surface area contributed by atoms with Crippen molar-refractivity contribution in [2.45, 2.75) is 11.8 Å². The van der Waals surface area contributed by atoms with Crippen molar-refractivity contribution >= 4 is 21.7 Å². The van der Waals surface area contributed by atoms with E-state index in [4.69, 9.17) is 9.52 Å². The largest absolute Gasteiger partial charge is 0.475 e. The average molecular weight is 365 g/mol. The minimum absolute atomic E-state index is 0.123. The molecule has 25 heavy (non-hydrogen) atoms. The lowest BCUT2D eigenvalue weighted by Crippen LogP contribution is -2.16. The summed E-state index contributed by atoms with van der Waals surface area (Å²) in [5.41, 5.74) is -0.142. The molecule has 0 fully saturated rings. The molecule has 10 heteroatoms. The molecule has 3 rings (SSSR count). The van der Waals surface area contributed by atoms with Crippen LogP contribution in [0.2, 0.25) is 0 Å². The van der Waals surface area contributed by atoms with Crippen LogP contribution in [0.25, 0.3) is 5.69 Å². The number of aryl methyl sites for hydroxylation is 1. The van der Waals surface area contributed by atoms with Crippen LogP contribution in [0.5, 0.6) is 0 Å². The normalized spacial score (nSPS) is 11.4. The molecule has 0 spiro atoms. The molecule has 130 valence electrons. The van der Waals surface area contributed by atoms with Gasteiger partial charge in [0.25, 0.3) is 10.0 Å². The Hall–Kier alpha value is -3.14. The lowest BCUT2D eigenvalue weighted by atomic mass is 10.2. The maximum Gasteiger partial charge on any atom is 0.371 e. The first-order valence-electron chi connectivity index (χ1n) is 6.94. The molecule has 0 saturated heterocycles. The first-order valence-corrected chi connectivity index (χ1v) is 8.43. The molecular weight excluding hydrogens is 353 g/mol. The number of aromatic carboxylic acids is 1. The molecule has 0 radical (unpaired) electrons. The number of carboxylic acids is 1. The van der Waals surface area contributed by atoms with Gasteiger partial charge in [0, 0.05) is 18.5 Å². The molecule has 1 aromatic carbocycles. The van der Waals surface area contributed by atoms with Crippen molar-refractivity contribution in [1.29, 1.82) is 0 Å². The van der Waals surface area contributed by atoms with Gasteiger partial charge in [-0.15, -0.1) is 0 Å². The zero-order valence-electron chi connectivity index (χ0n) is 12.8. The molecule has 2 heterocycles. The second-order valence-electron chi connectivity index (χ2n) is 5.03. The maximum atomic E-state index is 14.2. The number of carboxylic acid groups (broad SMARTS) is 1. The number of carbonyl (C=O) groups is 1. The molecule has 8 nitrogen and oxygen atoms in total. The van der Waals surface area contributed by atoms with E-state index in [9.17, 15) is 17.6 Å². The van der Waals surface area contributed by atoms with Crippen LogP contribution in [-0.2, 0) is 10.0 Å². The number of para-hydroxylation sites is 1. The van der Waals surface area contributed by atoms with Crippen LogP contribution in [0, 0.1) is 12.7 Å². The smallest absolute Gasteiger partial charge is 0.371 e. The third-order valence-corrected chi connectivity index (χ3v) is 4.81. The summed E-state index contributed by atoms with van der Waals surface area (Å²) in [6.07, 6.45) is 2.99. The highest BCUT2D eigenvalue weighted by atomic mass is 32.2. The molecule has 0 unspecified atom stereocenters. The molecule has 3 aromatic rings. The topological polar surface area (TPSA) is 114 Å². The molecule has 0 saturated carbocycles. The van der Waals surface area contributed by atoms with E-state index >= 15 is 0 Å². The number of furan rings is 1. The van der Waals surface area contributed by atoms with Crippen molar-refractivity contribution in [3.8, 4) is 5.69 Å².